The molecule has 0 amide bonds. The molecule has 1 atom stereocenters. The molecule has 3 heteroatoms. The number of aromatic nitrogens is 1. The van der Waals surface area contributed by atoms with Crippen LogP contribution in [0.15, 0.2) is 4.52 Å². The summed E-state index contributed by atoms with van der Waals surface area (Å²) in [6.45, 7) is 4.35. The number of nitrogens with zero attached hydrogens (tertiary/aromatic N) is 1. The third kappa shape index (κ3) is 1.69. The van der Waals surface area contributed by atoms with Crippen molar-refractivity contribution in [3.8, 4) is 0 Å². The summed E-state index contributed by atoms with van der Waals surface area (Å²) in [7, 11) is 0. The lowest BCUT2D eigenvalue weighted by atomic mass is 10.00. The Labute approximate surface area is 84.7 Å². The van der Waals surface area contributed by atoms with E-state index in [0.29, 0.717) is 5.92 Å². The van der Waals surface area contributed by atoms with Crippen LogP contribution in [0.25, 0.3) is 0 Å². The highest BCUT2D eigenvalue weighted by atomic mass is 16.5. The van der Waals surface area contributed by atoms with Gasteiger partial charge in [0.1, 0.15) is 0 Å². The van der Waals surface area contributed by atoms with Crippen molar-refractivity contribution in [1.29, 1.82) is 0 Å². The summed E-state index contributed by atoms with van der Waals surface area (Å²) in [4.78, 5) is 0. The van der Waals surface area contributed by atoms with Crippen molar-refractivity contribution >= 4 is 0 Å². The number of fused-ring (bicyclic) bond motifs is 1. The van der Waals surface area contributed by atoms with Gasteiger partial charge in [0, 0.05) is 5.56 Å². The lowest BCUT2D eigenvalue weighted by Gasteiger charge is -2.11. The predicted molar refractivity (Wildman–Crippen MR) is 54.9 cm³/mol. The summed E-state index contributed by atoms with van der Waals surface area (Å²) < 4.78 is 5.33. The van der Waals surface area contributed by atoms with Gasteiger partial charge >= 0.3 is 0 Å². The van der Waals surface area contributed by atoms with E-state index in [1.165, 1.54) is 12.0 Å². The van der Waals surface area contributed by atoms with Crippen LogP contribution in [-0.4, -0.2) is 5.16 Å². The molecule has 0 fully saturated rings. The van der Waals surface area contributed by atoms with Gasteiger partial charge in [-0.15, -0.1) is 0 Å². The molecule has 0 aliphatic heterocycles. The van der Waals surface area contributed by atoms with E-state index in [1.54, 1.807) is 0 Å². The maximum Gasteiger partial charge on any atom is 0.156 e. The van der Waals surface area contributed by atoms with Gasteiger partial charge in [-0.05, 0) is 31.6 Å². The zero-order chi connectivity index (χ0) is 10.1. The summed E-state index contributed by atoms with van der Waals surface area (Å²) in [6.07, 6.45) is 4.34. The lowest BCUT2D eigenvalue weighted by molar-refractivity contribution is 0.334. The van der Waals surface area contributed by atoms with Gasteiger partial charge in [0.25, 0.3) is 0 Å². The highest BCUT2D eigenvalue weighted by Gasteiger charge is 2.24. The Morgan fingerprint density at radius 2 is 2.21 bits per heavy atom. The number of aryl methyl sites for hydroxylation is 1. The Balaban J connectivity index is 2.16. The Morgan fingerprint density at radius 1 is 1.43 bits per heavy atom. The molecule has 0 aromatic carbocycles. The lowest BCUT2D eigenvalue weighted by Crippen LogP contribution is -2.13. The van der Waals surface area contributed by atoms with E-state index >= 15 is 0 Å². The van der Waals surface area contributed by atoms with Gasteiger partial charge < -0.3 is 10.3 Å². The summed E-state index contributed by atoms with van der Waals surface area (Å²) in [5.41, 5.74) is 8.51. The van der Waals surface area contributed by atoms with Crippen LogP contribution < -0.4 is 5.73 Å². The molecule has 2 rings (SSSR count). The van der Waals surface area contributed by atoms with Gasteiger partial charge in [0.15, 0.2) is 5.76 Å². The fourth-order valence-corrected chi connectivity index (χ4v) is 2.16. The van der Waals surface area contributed by atoms with E-state index in [1.807, 2.05) is 0 Å². The number of hydrogen-bond acceptors (Lipinski definition) is 3. The van der Waals surface area contributed by atoms with Crippen LogP contribution in [0, 0.1) is 5.92 Å². The first-order valence-electron chi connectivity index (χ1n) is 5.41. The smallest absolute Gasteiger partial charge is 0.156 e. The number of hydrogen-bond donors (Lipinski definition) is 1. The number of nitrogens with two attached hydrogens (primary N) is 1. The average Bonchev–Trinajstić information content (AvgIpc) is 2.59. The molecule has 0 unspecified atom stereocenters. The summed E-state index contributed by atoms with van der Waals surface area (Å²) >= 11 is 0. The van der Waals surface area contributed by atoms with Crippen molar-refractivity contribution in [3.63, 3.8) is 0 Å². The average molecular weight is 194 g/mol. The maximum atomic E-state index is 6.08. The standard InChI is InChI=1S/C11H18N2O/c1-7(2)6-9(12)11-8-4-3-5-10(8)13-14-11/h7,9H,3-6,12H2,1-2H3/t9-/m1/s1. The molecule has 1 heterocycles. The van der Waals surface area contributed by atoms with Gasteiger partial charge in [-0.2, -0.15) is 0 Å². The van der Waals surface area contributed by atoms with Crippen LogP contribution in [0.1, 0.15) is 49.7 Å². The SMILES string of the molecule is CC(C)C[C@@H](N)c1onc2c1CCC2. The molecular weight excluding hydrogens is 176 g/mol. The molecule has 0 radical (unpaired) electrons. The van der Waals surface area contributed by atoms with Crippen molar-refractivity contribution in [1.82, 2.24) is 5.16 Å². The van der Waals surface area contributed by atoms with Crippen LogP contribution in [0.2, 0.25) is 0 Å². The second-order valence-corrected chi connectivity index (χ2v) is 4.56. The van der Waals surface area contributed by atoms with E-state index in [-0.39, 0.29) is 6.04 Å². The monoisotopic (exact) mass is 194 g/mol. The summed E-state index contributed by atoms with van der Waals surface area (Å²) in [5, 5.41) is 4.07. The molecule has 0 spiro atoms. The zero-order valence-corrected chi connectivity index (χ0v) is 8.92. The minimum Gasteiger partial charge on any atom is -0.359 e. The minimum atomic E-state index is 0.0318. The van der Waals surface area contributed by atoms with Crippen LogP contribution in [0.3, 0.4) is 0 Å². The fourth-order valence-electron chi connectivity index (χ4n) is 2.16. The van der Waals surface area contributed by atoms with E-state index in [9.17, 15) is 0 Å². The first-order chi connectivity index (χ1) is 6.68. The molecule has 1 aliphatic rings. The Hall–Kier alpha value is -0.830. The summed E-state index contributed by atoms with van der Waals surface area (Å²) in [6, 6.07) is 0.0318. The molecule has 14 heavy (non-hydrogen) atoms. The van der Waals surface area contributed by atoms with Gasteiger partial charge in [0.05, 0.1) is 11.7 Å². The predicted octanol–water partition coefficient (Wildman–Crippen LogP) is 2.21. The highest BCUT2D eigenvalue weighted by Crippen LogP contribution is 2.30. The van der Waals surface area contributed by atoms with Crippen molar-refractivity contribution in [2.24, 2.45) is 11.7 Å². The topological polar surface area (TPSA) is 52.0 Å². The molecule has 1 aliphatic carbocycles. The first kappa shape index (κ1) is 9.71. The molecular formula is C11H18N2O. The third-order valence-corrected chi connectivity index (χ3v) is 2.80. The third-order valence-electron chi connectivity index (χ3n) is 2.80. The minimum absolute atomic E-state index is 0.0318. The quantitative estimate of drug-likeness (QED) is 0.802. The second-order valence-electron chi connectivity index (χ2n) is 4.56. The van der Waals surface area contributed by atoms with E-state index in [0.717, 1.165) is 30.7 Å². The van der Waals surface area contributed by atoms with E-state index < -0.39 is 0 Å². The molecule has 1 aromatic heterocycles. The zero-order valence-electron chi connectivity index (χ0n) is 8.92. The van der Waals surface area contributed by atoms with Crippen LogP contribution in [-0.2, 0) is 12.8 Å². The summed E-state index contributed by atoms with van der Waals surface area (Å²) in [5.74, 6) is 1.54. The van der Waals surface area contributed by atoms with E-state index in [4.69, 9.17) is 10.3 Å². The van der Waals surface area contributed by atoms with Crippen molar-refractivity contribution in [3.05, 3.63) is 17.0 Å². The van der Waals surface area contributed by atoms with Crippen LogP contribution in [0.5, 0.6) is 0 Å². The van der Waals surface area contributed by atoms with Gasteiger partial charge in [-0.1, -0.05) is 19.0 Å². The maximum absolute atomic E-state index is 6.08. The van der Waals surface area contributed by atoms with Crippen molar-refractivity contribution in [2.45, 2.75) is 45.6 Å². The molecule has 3 nitrogen and oxygen atoms in total. The molecule has 1 aromatic rings. The normalized spacial score (nSPS) is 17.4. The van der Waals surface area contributed by atoms with Gasteiger partial charge in [0.2, 0.25) is 0 Å². The molecule has 0 bridgehead atoms. The number of rotatable bonds is 3. The Kier molecular flexibility index (Phi) is 2.59. The Morgan fingerprint density at radius 3 is 2.93 bits per heavy atom. The highest BCUT2D eigenvalue weighted by molar-refractivity contribution is 5.29. The second kappa shape index (κ2) is 3.73. The molecule has 2 N–H and O–H groups in total. The van der Waals surface area contributed by atoms with Crippen LogP contribution >= 0.6 is 0 Å². The molecule has 0 saturated heterocycles. The van der Waals surface area contributed by atoms with Crippen LogP contribution in [0.4, 0.5) is 0 Å². The first-order valence-corrected chi connectivity index (χ1v) is 5.41. The molecule has 0 saturated carbocycles. The largest absolute Gasteiger partial charge is 0.359 e. The van der Waals surface area contributed by atoms with Gasteiger partial charge in [-0.25, -0.2) is 0 Å². The van der Waals surface area contributed by atoms with Crippen molar-refractivity contribution in [2.75, 3.05) is 0 Å². The molecule has 78 valence electrons. The Bertz CT molecular complexity index is 317. The van der Waals surface area contributed by atoms with Gasteiger partial charge in [-0.3, -0.25) is 0 Å². The van der Waals surface area contributed by atoms with E-state index in [2.05, 4.69) is 19.0 Å². The van der Waals surface area contributed by atoms with Crippen molar-refractivity contribution < 1.29 is 4.52 Å². The fraction of sp³-hybridized carbons (Fsp3) is 0.727.